The Morgan fingerprint density at radius 2 is 1.90 bits per heavy atom. The summed E-state index contributed by atoms with van der Waals surface area (Å²) in [5.41, 5.74) is 2.58. The Morgan fingerprint density at radius 1 is 1.13 bits per heavy atom. The van der Waals surface area contributed by atoms with E-state index in [9.17, 15) is 9.18 Å². The number of amides is 1. The smallest absolute Gasteiger partial charge is 0.259 e. The topological polar surface area (TPSA) is 98.7 Å². The molecule has 0 unspecified atom stereocenters. The first kappa shape index (κ1) is 19.4. The summed E-state index contributed by atoms with van der Waals surface area (Å²) in [7, 11) is 0. The van der Waals surface area contributed by atoms with Crippen LogP contribution in [0.2, 0.25) is 0 Å². The SMILES string of the molecule is Cc1noc(-c2ccc(-n3ncc(C(=O)N[C@@H](C)c4ccc(F)cc4)c3C)nc2)n1. The molecule has 0 radical (unpaired) electrons. The Kier molecular flexibility index (Phi) is 5.09. The van der Waals surface area contributed by atoms with Gasteiger partial charge in [-0.3, -0.25) is 4.79 Å². The van der Waals surface area contributed by atoms with Crippen LogP contribution in [0.5, 0.6) is 0 Å². The van der Waals surface area contributed by atoms with E-state index in [1.165, 1.54) is 18.3 Å². The maximum Gasteiger partial charge on any atom is 0.259 e. The van der Waals surface area contributed by atoms with E-state index in [4.69, 9.17) is 4.52 Å². The third-order valence-electron chi connectivity index (χ3n) is 4.71. The third kappa shape index (κ3) is 3.82. The van der Waals surface area contributed by atoms with E-state index in [2.05, 4.69) is 25.5 Å². The Hall–Kier alpha value is -3.88. The van der Waals surface area contributed by atoms with Crippen molar-refractivity contribution in [3.8, 4) is 17.3 Å². The molecular weight excluding hydrogens is 387 g/mol. The molecular formula is C21H19FN6O2. The summed E-state index contributed by atoms with van der Waals surface area (Å²) < 4.78 is 19.8. The van der Waals surface area contributed by atoms with Gasteiger partial charge in [0, 0.05) is 6.20 Å². The van der Waals surface area contributed by atoms with Crippen LogP contribution in [0.3, 0.4) is 0 Å². The largest absolute Gasteiger partial charge is 0.345 e. The second-order valence-corrected chi connectivity index (χ2v) is 6.85. The summed E-state index contributed by atoms with van der Waals surface area (Å²) in [4.78, 5) is 21.3. The van der Waals surface area contributed by atoms with Crippen LogP contribution in [0, 0.1) is 19.7 Å². The van der Waals surface area contributed by atoms with Crippen LogP contribution in [0.1, 0.15) is 40.4 Å². The molecule has 30 heavy (non-hydrogen) atoms. The molecule has 3 aromatic heterocycles. The van der Waals surface area contributed by atoms with Gasteiger partial charge in [-0.1, -0.05) is 17.3 Å². The average Bonchev–Trinajstić information content (AvgIpc) is 3.34. The zero-order chi connectivity index (χ0) is 21.3. The van der Waals surface area contributed by atoms with Gasteiger partial charge in [0.2, 0.25) is 0 Å². The van der Waals surface area contributed by atoms with Gasteiger partial charge in [0.1, 0.15) is 5.82 Å². The molecule has 1 N–H and O–H groups in total. The van der Waals surface area contributed by atoms with Crippen molar-refractivity contribution < 1.29 is 13.7 Å². The van der Waals surface area contributed by atoms with Crippen molar-refractivity contribution in [1.29, 1.82) is 0 Å². The maximum atomic E-state index is 13.1. The molecule has 1 aromatic carbocycles. The lowest BCUT2D eigenvalue weighted by atomic mass is 10.1. The van der Waals surface area contributed by atoms with Crippen LogP contribution < -0.4 is 5.32 Å². The van der Waals surface area contributed by atoms with E-state index in [0.29, 0.717) is 34.4 Å². The number of rotatable bonds is 5. The standard InChI is InChI=1S/C21H19FN6O2/c1-12(15-4-7-17(22)8-5-15)25-20(29)18-11-24-28(13(18)2)19-9-6-16(10-23-19)21-26-14(3)27-30-21/h4-12H,1-3H3,(H,25,29)/t12-/m0/s1. The molecule has 152 valence electrons. The fourth-order valence-electron chi connectivity index (χ4n) is 3.02. The van der Waals surface area contributed by atoms with Gasteiger partial charge >= 0.3 is 0 Å². The van der Waals surface area contributed by atoms with Crippen molar-refractivity contribution in [2.45, 2.75) is 26.8 Å². The Balaban J connectivity index is 1.51. The average molecular weight is 406 g/mol. The minimum absolute atomic E-state index is 0.270. The third-order valence-corrected chi connectivity index (χ3v) is 4.71. The first-order chi connectivity index (χ1) is 14.4. The van der Waals surface area contributed by atoms with Crippen molar-refractivity contribution in [2.24, 2.45) is 0 Å². The highest BCUT2D eigenvalue weighted by atomic mass is 19.1. The summed E-state index contributed by atoms with van der Waals surface area (Å²) in [6.07, 6.45) is 3.11. The highest BCUT2D eigenvalue weighted by molar-refractivity contribution is 5.95. The predicted molar refractivity (Wildman–Crippen MR) is 106 cm³/mol. The van der Waals surface area contributed by atoms with E-state index in [0.717, 1.165) is 5.56 Å². The number of benzene rings is 1. The number of nitrogens with one attached hydrogen (secondary N) is 1. The normalized spacial score (nSPS) is 12.0. The lowest BCUT2D eigenvalue weighted by Gasteiger charge is -2.14. The van der Waals surface area contributed by atoms with E-state index >= 15 is 0 Å². The summed E-state index contributed by atoms with van der Waals surface area (Å²) in [5, 5.41) is 11.0. The first-order valence-electron chi connectivity index (χ1n) is 9.30. The van der Waals surface area contributed by atoms with Crippen LogP contribution in [0.25, 0.3) is 17.3 Å². The van der Waals surface area contributed by atoms with Crippen molar-refractivity contribution in [3.05, 3.63) is 77.3 Å². The van der Waals surface area contributed by atoms with E-state index in [1.54, 1.807) is 49.0 Å². The zero-order valence-electron chi connectivity index (χ0n) is 16.6. The van der Waals surface area contributed by atoms with Gasteiger partial charge in [0.15, 0.2) is 11.6 Å². The number of carbonyl (C=O) groups is 1. The molecule has 4 aromatic rings. The van der Waals surface area contributed by atoms with Gasteiger partial charge in [0.05, 0.1) is 29.1 Å². The number of pyridine rings is 1. The van der Waals surface area contributed by atoms with Crippen LogP contribution in [0.4, 0.5) is 4.39 Å². The number of aromatic nitrogens is 5. The molecule has 0 aliphatic rings. The van der Waals surface area contributed by atoms with Crippen LogP contribution in [-0.4, -0.2) is 30.8 Å². The summed E-state index contributed by atoms with van der Waals surface area (Å²) >= 11 is 0. The summed E-state index contributed by atoms with van der Waals surface area (Å²) in [6.45, 7) is 5.37. The number of nitrogens with zero attached hydrogens (tertiary/aromatic N) is 5. The molecule has 4 rings (SSSR count). The van der Waals surface area contributed by atoms with Crippen LogP contribution in [-0.2, 0) is 0 Å². The Morgan fingerprint density at radius 3 is 2.53 bits per heavy atom. The second-order valence-electron chi connectivity index (χ2n) is 6.85. The number of hydrogen-bond donors (Lipinski definition) is 1. The second kappa shape index (κ2) is 7.86. The molecule has 1 amide bonds. The Labute approximate surface area is 171 Å². The van der Waals surface area contributed by atoms with Crippen LogP contribution >= 0.6 is 0 Å². The molecule has 1 atom stereocenters. The van der Waals surface area contributed by atoms with Gasteiger partial charge in [-0.05, 0) is 50.6 Å². The molecule has 0 aliphatic heterocycles. The van der Waals surface area contributed by atoms with Crippen molar-refractivity contribution >= 4 is 5.91 Å². The van der Waals surface area contributed by atoms with Gasteiger partial charge in [0.25, 0.3) is 11.8 Å². The van der Waals surface area contributed by atoms with Gasteiger partial charge in [-0.15, -0.1) is 0 Å². The number of carbonyl (C=O) groups excluding carboxylic acids is 1. The van der Waals surface area contributed by atoms with E-state index in [-0.39, 0.29) is 17.8 Å². The molecule has 0 fully saturated rings. The molecule has 0 aliphatic carbocycles. The molecule has 3 heterocycles. The van der Waals surface area contributed by atoms with Crippen LogP contribution in [0.15, 0.2) is 53.3 Å². The minimum atomic E-state index is -0.317. The molecule has 9 heteroatoms. The molecule has 0 saturated carbocycles. The molecule has 8 nitrogen and oxygen atoms in total. The lowest BCUT2D eigenvalue weighted by molar-refractivity contribution is 0.0939. The van der Waals surface area contributed by atoms with E-state index in [1.807, 2.05) is 6.92 Å². The molecule has 0 spiro atoms. The predicted octanol–water partition coefficient (Wildman–Crippen LogP) is 3.56. The van der Waals surface area contributed by atoms with Crippen molar-refractivity contribution in [3.63, 3.8) is 0 Å². The highest BCUT2D eigenvalue weighted by Crippen LogP contribution is 2.19. The molecule has 0 saturated heterocycles. The lowest BCUT2D eigenvalue weighted by Crippen LogP contribution is -2.27. The summed E-state index contributed by atoms with van der Waals surface area (Å²) in [5.74, 6) is 0.898. The zero-order valence-corrected chi connectivity index (χ0v) is 16.6. The fourth-order valence-corrected chi connectivity index (χ4v) is 3.02. The quantitative estimate of drug-likeness (QED) is 0.544. The fraction of sp³-hybridized carbons (Fsp3) is 0.190. The first-order valence-corrected chi connectivity index (χ1v) is 9.30. The van der Waals surface area contributed by atoms with Crippen molar-refractivity contribution in [1.82, 2.24) is 30.2 Å². The Bertz CT molecular complexity index is 1180. The minimum Gasteiger partial charge on any atom is -0.345 e. The van der Waals surface area contributed by atoms with Gasteiger partial charge in [-0.2, -0.15) is 10.1 Å². The van der Waals surface area contributed by atoms with Crippen molar-refractivity contribution in [2.75, 3.05) is 0 Å². The highest BCUT2D eigenvalue weighted by Gasteiger charge is 2.18. The van der Waals surface area contributed by atoms with Gasteiger partial charge in [-0.25, -0.2) is 14.1 Å². The summed E-state index contributed by atoms with van der Waals surface area (Å²) in [6, 6.07) is 9.30. The maximum absolute atomic E-state index is 13.1. The molecule has 0 bridgehead atoms. The van der Waals surface area contributed by atoms with Gasteiger partial charge < -0.3 is 9.84 Å². The van der Waals surface area contributed by atoms with E-state index < -0.39 is 0 Å². The number of halogens is 1. The number of hydrogen-bond acceptors (Lipinski definition) is 6. The monoisotopic (exact) mass is 406 g/mol. The number of aryl methyl sites for hydroxylation is 1.